The minimum absolute atomic E-state index is 0.149. The Bertz CT molecular complexity index is 291. The summed E-state index contributed by atoms with van der Waals surface area (Å²) in [5.41, 5.74) is -0.847. The van der Waals surface area contributed by atoms with E-state index >= 15 is 0 Å². The number of aliphatic hydroxyl groups is 1. The summed E-state index contributed by atoms with van der Waals surface area (Å²) in [4.78, 5) is 14.6. The molecule has 3 heteroatoms. The van der Waals surface area contributed by atoms with Gasteiger partial charge in [0.25, 0.3) is 0 Å². The first kappa shape index (κ1) is 15.6. The average Bonchev–Trinajstić information content (AvgIpc) is 2.21. The molecule has 1 atom stereocenters. The molecule has 1 fully saturated rings. The van der Waals surface area contributed by atoms with Gasteiger partial charge in [0.2, 0.25) is 0 Å². The lowest BCUT2D eigenvalue weighted by molar-refractivity contribution is -0.135. The Morgan fingerprint density at radius 3 is 2.56 bits per heavy atom. The van der Waals surface area contributed by atoms with Crippen molar-refractivity contribution in [1.82, 2.24) is 4.90 Å². The van der Waals surface area contributed by atoms with E-state index in [1.54, 1.807) is 0 Å². The summed E-state index contributed by atoms with van der Waals surface area (Å²) >= 11 is 0. The Labute approximate surface area is 112 Å². The second kappa shape index (κ2) is 5.70. The Kier molecular flexibility index (Phi) is 4.96. The van der Waals surface area contributed by atoms with Gasteiger partial charge in [-0.15, -0.1) is 0 Å². The van der Waals surface area contributed by atoms with Gasteiger partial charge >= 0.3 is 0 Å². The van der Waals surface area contributed by atoms with Gasteiger partial charge in [0, 0.05) is 24.4 Å². The van der Waals surface area contributed by atoms with Crippen LogP contribution in [0.2, 0.25) is 0 Å². The molecule has 0 saturated heterocycles. The second-order valence-electron chi connectivity index (χ2n) is 6.98. The summed E-state index contributed by atoms with van der Waals surface area (Å²) in [7, 11) is 0. The average molecular weight is 255 g/mol. The summed E-state index contributed by atoms with van der Waals surface area (Å²) in [6.07, 6.45) is 3.16. The summed E-state index contributed by atoms with van der Waals surface area (Å²) < 4.78 is 0. The van der Waals surface area contributed by atoms with E-state index in [0.717, 1.165) is 32.4 Å². The SMILES string of the molecule is CCN(CC1CCCC(C)(C)C1=O)CC(C)(C)O. The molecular formula is C15H29NO2. The molecule has 1 N–H and O–H groups in total. The smallest absolute Gasteiger partial charge is 0.142 e. The van der Waals surface area contributed by atoms with Crippen LogP contribution in [0, 0.1) is 11.3 Å². The Balaban J connectivity index is 2.62. The molecule has 0 aromatic rings. The number of Topliss-reactive ketones (excluding diaryl/α,β-unsaturated/α-hetero) is 1. The predicted octanol–water partition coefficient (Wildman–Crippen LogP) is 2.47. The first-order valence-electron chi connectivity index (χ1n) is 7.15. The Morgan fingerprint density at radius 1 is 1.44 bits per heavy atom. The number of hydrogen-bond acceptors (Lipinski definition) is 3. The lowest BCUT2D eigenvalue weighted by Crippen LogP contribution is -2.45. The Hall–Kier alpha value is -0.410. The molecule has 3 nitrogen and oxygen atoms in total. The van der Waals surface area contributed by atoms with Gasteiger partial charge < -0.3 is 10.0 Å². The highest BCUT2D eigenvalue weighted by molar-refractivity contribution is 5.87. The molecule has 1 unspecified atom stereocenters. The van der Waals surface area contributed by atoms with Gasteiger partial charge in [0.1, 0.15) is 5.78 Å². The van der Waals surface area contributed by atoms with Crippen molar-refractivity contribution < 1.29 is 9.90 Å². The number of nitrogens with zero attached hydrogens (tertiary/aromatic N) is 1. The first-order chi connectivity index (χ1) is 8.15. The highest BCUT2D eigenvalue weighted by Crippen LogP contribution is 2.35. The van der Waals surface area contributed by atoms with Crippen LogP contribution >= 0.6 is 0 Å². The first-order valence-corrected chi connectivity index (χ1v) is 7.15. The summed E-state index contributed by atoms with van der Waals surface area (Å²) in [5.74, 6) is 0.555. The number of hydrogen-bond donors (Lipinski definition) is 1. The highest BCUT2D eigenvalue weighted by Gasteiger charge is 2.37. The maximum atomic E-state index is 12.4. The van der Waals surface area contributed by atoms with Crippen LogP contribution in [-0.2, 0) is 4.79 Å². The van der Waals surface area contributed by atoms with Crippen LogP contribution < -0.4 is 0 Å². The fourth-order valence-corrected chi connectivity index (χ4v) is 2.94. The number of rotatable bonds is 5. The molecule has 0 amide bonds. The van der Waals surface area contributed by atoms with Crippen LogP contribution in [0.3, 0.4) is 0 Å². The van der Waals surface area contributed by atoms with Crippen LogP contribution in [0.15, 0.2) is 0 Å². The quantitative estimate of drug-likeness (QED) is 0.820. The lowest BCUT2D eigenvalue weighted by Gasteiger charge is -2.37. The van der Waals surface area contributed by atoms with E-state index in [0.29, 0.717) is 12.3 Å². The van der Waals surface area contributed by atoms with Crippen molar-refractivity contribution in [2.75, 3.05) is 19.6 Å². The van der Waals surface area contributed by atoms with Crippen LogP contribution in [0.1, 0.15) is 53.9 Å². The molecule has 0 aromatic carbocycles. The van der Waals surface area contributed by atoms with Crippen molar-refractivity contribution in [3.8, 4) is 0 Å². The van der Waals surface area contributed by atoms with Crippen molar-refractivity contribution in [3.63, 3.8) is 0 Å². The Morgan fingerprint density at radius 2 is 2.06 bits per heavy atom. The van der Waals surface area contributed by atoms with Crippen molar-refractivity contribution >= 4 is 5.78 Å². The van der Waals surface area contributed by atoms with Gasteiger partial charge in [0.15, 0.2) is 0 Å². The summed E-state index contributed by atoms with van der Waals surface area (Å²) in [5, 5.41) is 9.89. The van der Waals surface area contributed by atoms with Gasteiger partial charge in [-0.05, 0) is 33.2 Å². The van der Waals surface area contributed by atoms with Gasteiger partial charge in [0.05, 0.1) is 5.60 Å². The monoisotopic (exact) mass is 255 g/mol. The van der Waals surface area contributed by atoms with Crippen LogP contribution in [0.4, 0.5) is 0 Å². The molecule has 0 aromatic heterocycles. The molecule has 1 saturated carbocycles. The maximum absolute atomic E-state index is 12.4. The molecule has 1 aliphatic carbocycles. The van der Waals surface area contributed by atoms with E-state index in [9.17, 15) is 9.90 Å². The zero-order valence-electron chi connectivity index (χ0n) is 12.6. The van der Waals surface area contributed by atoms with E-state index in [4.69, 9.17) is 0 Å². The fourth-order valence-electron chi connectivity index (χ4n) is 2.94. The van der Waals surface area contributed by atoms with Crippen LogP contribution in [-0.4, -0.2) is 41.0 Å². The van der Waals surface area contributed by atoms with E-state index in [1.165, 1.54) is 0 Å². The van der Waals surface area contributed by atoms with Gasteiger partial charge in [-0.2, -0.15) is 0 Å². The minimum Gasteiger partial charge on any atom is -0.389 e. The van der Waals surface area contributed by atoms with Crippen molar-refractivity contribution in [1.29, 1.82) is 0 Å². The minimum atomic E-state index is -0.691. The molecule has 18 heavy (non-hydrogen) atoms. The number of likely N-dealkylation sites (N-methyl/N-ethyl adjacent to an activating group) is 1. The molecule has 0 heterocycles. The van der Waals surface area contributed by atoms with Gasteiger partial charge in [-0.25, -0.2) is 0 Å². The predicted molar refractivity (Wildman–Crippen MR) is 74.5 cm³/mol. The molecular weight excluding hydrogens is 226 g/mol. The van der Waals surface area contributed by atoms with E-state index in [2.05, 4.69) is 25.7 Å². The number of carbonyl (C=O) groups excluding carboxylic acids is 1. The van der Waals surface area contributed by atoms with Crippen LogP contribution in [0.5, 0.6) is 0 Å². The molecule has 1 rings (SSSR count). The molecule has 106 valence electrons. The third-order valence-electron chi connectivity index (χ3n) is 3.93. The third-order valence-corrected chi connectivity index (χ3v) is 3.93. The number of ketones is 1. The molecule has 1 aliphatic rings. The lowest BCUT2D eigenvalue weighted by atomic mass is 9.71. The maximum Gasteiger partial charge on any atom is 0.142 e. The standard InChI is InChI=1S/C15H29NO2/c1-6-16(11-15(4,5)18)10-12-8-7-9-14(2,3)13(12)17/h12,18H,6-11H2,1-5H3. The van der Waals surface area contributed by atoms with E-state index in [1.807, 2.05) is 13.8 Å². The third kappa shape index (κ3) is 4.36. The molecule has 0 radical (unpaired) electrons. The van der Waals surface area contributed by atoms with E-state index in [-0.39, 0.29) is 11.3 Å². The summed E-state index contributed by atoms with van der Waals surface area (Å²) in [6.45, 7) is 12.2. The molecule has 0 aliphatic heterocycles. The zero-order valence-corrected chi connectivity index (χ0v) is 12.6. The van der Waals surface area contributed by atoms with Crippen molar-refractivity contribution in [2.24, 2.45) is 11.3 Å². The van der Waals surface area contributed by atoms with Crippen LogP contribution in [0.25, 0.3) is 0 Å². The second-order valence-corrected chi connectivity index (χ2v) is 6.98. The van der Waals surface area contributed by atoms with Gasteiger partial charge in [-0.1, -0.05) is 27.2 Å². The van der Waals surface area contributed by atoms with Crippen molar-refractivity contribution in [2.45, 2.75) is 59.5 Å². The topological polar surface area (TPSA) is 40.5 Å². The molecule has 0 bridgehead atoms. The number of carbonyl (C=O) groups is 1. The normalized spacial score (nSPS) is 24.6. The fraction of sp³-hybridized carbons (Fsp3) is 0.933. The highest BCUT2D eigenvalue weighted by atomic mass is 16.3. The van der Waals surface area contributed by atoms with Crippen molar-refractivity contribution in [3.05, 3.63) is 0 Å². The zero-order chi connectivity index (χ0) is 14.0. The largest absolute Gasteiger partial charge is 0.389 e. The molecule has 0 spiro atoms. The van der Waals surface area contributed by atoms with E-state index < -0.39 is 5.60 Å². The van der Waals surface area contributed by atoms with Gasteiger partial charge in [-0.3, -0.25) is 4.79 Å². The summed E-state index contributed by atoms with van der Waals surface area (Å²) in [6, 6.07) is 0.